The molecule has 19 heavy (non-hydrogen) atoms. The molecule has 1 fully saturated rings. The van der Waals surface area contributed by atoms with Crippen LogP contribution in [0.2, 0.25) is 0 Å². The van der Waals surface area contributed by atoms with E-state index in [4.69, 9.17) is 10.9 Å². The highest BCUT2D eigenvalue weighted by molar-refractivity contribution is 9.10. The van der Waals surface area contributed by atoms with Crippen LogP contribution in [0.25, 0.3) is 0 Å². The van der Waals surface area contributed by atoms with Gasteiger partial charge < -0.3 is 15.8 Å². The van der Waals surface area contributed by atoms with E-state index in [2.05, 4.69) is 39.8 Å². The van der Waals surface area contributed by atoms with Gasteiger partial charge in [0.1, 0.15) is 0 Å². The fraction of sp³-hybridized carbons (Fsp3) is 0.500. The van der Waals surface area contributed by atoms with Crippen LogP contribution in [0.15, 0.2) is 27.8 Å². The van der Waals surface area contributed by atoms with E-state index in [1.165, 1.54) is 6.42 Å². The van der Waals surface area contributed by atoms with Crippen LogP contribution in [0.3, 0.4) is 0 Å². The molecule has 1 saturated heterocycles. The molecular weight excluding hydrogens is 306 g/mol. The highest BCUT2D eigenvalue weighted by Gasteiger charge is 2.25. The average molecular weight is 326 g/mol. The smallest absolute Gasteiger partial charge is 0.173 e. The second-order valence-corrected chi connectivity index (χ2v) is 6.16. The summed E-state index contributed by atoms with van der Waals surface area (Å²) in [4.78, 5) is 2.32. The van der Waals surface area contributed by atoms with E-state index in [-0.39, 0.29) is 5.84 Å². The van der Waals surface area contributed by atoms with Crippen molar-refractivity contribution in [2.75, 3.05) is 18.0 Å². The average Bonchev–Trinajstić information content (AvgIpc) is 2.41. The van der Waals surface area contributed by atoms with Gasteiger partial charge in [-0.05, 0) is 46.3 Å². The van der Waals surface area contributed by atoms with Crippen LogP contribution in [0, 0.1) is 11.8 Å². The number of halogens is 1. The normalized spacial score (nSPS) is 24.6. The van der Waals surface area contributed by atoms with Crippen molar-refractivity contribution in [3.63, 3.8) is 0 Å². The molecule has 1 aliphatic rings. The van der Waals surface area contributed by atoms with Gasteiger partial charge in [-0.2, -0.15) is 0 Å². The highest BCUT2D eigenvalue weighted by Crippen LogP contribution is 2.32. The third-order valence-corrected chi connectivity index (χ3v) is 4.69. The SMILES string of the molecule is CC1CCN(c2cccc(Br)c2/C(N)=N/O)CC1C. The van der Waals surface area contributed by atoms with Gasteiger partial charge in [0, 0.05) is 23.2 Å². The Hall–Kier alpha value is -1.23. The molecule has 0 aliphatic carbocycles. The van der Waals surface area contributed by atoms with E-state index in [1.54, 1.807) is 0 Å². The van der Waals surface area contributed by atoms with Gasteiger partial charge in [-0.1, -0.05) is 25.1 Å². The number of nitrogens with two attached hydrogens (primary N) is 1. The van der Waals surface area contributed by atoms with Crippen LogP contribution in [-0.4, -0.2) is 24.1 Å². The molecule has 104 valence electrons. The summed E-state index contributed by atoms with van der Waals surface area (Å²) in [7, 11) is 0. The number of oxime groups is 1. The minimum atomic E-state index is 0.147. The lowest BCUT2D eigenvalue weighted by atomic mass is 9.88. The van der Waals surface area contributed by atoms with Gasteiger partial charge >= 0.3 is 0 Å². The van der Waals surface area contributed by atoms with Crippen LogP contribution in [0.4, 0.5) is 5.69 Å². The molecule has 2 atom stereocenters. The molecule has 5 heteroatoms. The Balaban J connectivity index is 2.37. The molecule has 0 aromatic heterocycles. The quantitative estimate of drug-likeness (QED) is 0.380. The van der Waals surface area contributed by atoms with Crippen LogP contribution in [0.1, 0.15) is 25.8 Å². The summed E-state index contributed by atoms with van der Waals surface area (Å²) in [5.74, 6) is 1.54. The predicted molar refractivity (Wildman–Crippen MR) is 81.8 cm³/mol. The molecule has 0 bridgehead atoms. The number of piperidine rings is 1. The Labute approximate surface area is 122 Å². The van der Waals surface area contributed by atoms with Crippen molar-refractivity contribution in [1.29, 1.82) is 0 Å². The summed E-state index contributed by atoms with van der Waals surface area (Å²) < 4.78 is 0.853. The molecule has 4 nitrogen and oxygen atoms in total. The Morgan fingerprint density at radius 2 is 2.16 bits per heavy atom. The number of rotatable bonds is 2. The predicted octanol–water partition coefficient (Wildman–Crippen LogP) is 3.03. The maximum absolute atomic E-state index is 8.95. The lowest BCUT2D eigenvalue weighted by molar-refractivity contribution is 0.318. The molecule has 1 aromatic carbocycles. The first-order chi connectivity index (χ1) is 9.04. The number of amidine groups is 1. The maximum atomic E-state index is 8.95. The Bertz CT molecular complexity index is 490. The van der Waals surface area contributed by atoms with Crippen molar-refractivity contribution >= 4 is 27.5 Å². The summed E-state index contributed by atoms with van der Waals surface area (Å²) in [5, 5.41) is 12.1. The van der Waals surface area contributed by atoms with Gasteiger partial charge in [0.15, 0.2) is 5.84 Å². The van der Waals surface area contributed by atoms with Crippen molar-refractivity contribution < 1.29 is 5.21 Å². The summed E-state index contributed by atoms with van der Waals surface area (Å²) >= 11 is 3.48. The first-order valence-electron chi connectivity index (χ1n) is 6.56. The second kappa shape index (κ2) is 5.82. The zero-order valence-corrected chi connectivity index (χ0v) is 12.9. The first-order valence-corrected chi connectivity index (χ1v) is 7.35. The fourth-order valence-corrected chi connectivity index (χ4v) is 3.12. The van der Waals surface area contributed by atoms with Gasteiger partial charge in [0.25, 0.3) is 0 Å². The monoisotopic (exact) mass is 325 g/mol. The zero-order chi connectivity index (χ0) is 14.0. The molecule has 0 radical (unpaired) electrons. The van der Waals surface area contributed by atoms with Gasteiger partial charge in [0.2, 0.25) is 0 Å². The van der Waals surface area contributed by atoms with Crippen molar-refractivity contribution in [2.45, 2.75) is 20.3 Å². The van der Waals surface area contributed by atoms with Crippen molar-refractivity contribution in [3.8, 4) is 0 Å². The van der Waals surface area contributed by atoms with Crippen molar-refractivity contribution in [2.24, 2.45) is 22.7 Å². The van der Waals surface area contributed by atoms with Crippen LogP contribution in [-0.2, 0) is 0 Å². The fourth-order valence-electron chi connectivity index (χ4n) is 2.56. The van der Waals surface area contributed by atoms with Crippen molar-refractivity contribution in [1.82, 2.24) is 0 Å². The van der Waals surface area contributed by atoms with Gasteiger partial charge in [-0.3, -0.25) is 0 Å². The molecule has 0 spiro atoms. The van der Waals surface area contributed by atoms with Crippen LogP contribution < -0.4 is 10.6 Å². The van der Waals surface area contributed by atoms with E-state index >= 15 is 0 Å². The molecule has 1 aromatic rings. The molecule has 2 unspecified atom stereocenters. The van der Waals surface area contributed by atoms with E-state index < -0.39 is 0 Å². The third-order valence-electron chi connectivity index (χ3n) is 4.03. The summed E-state index contributed by atoms with van der Waals surface area (Å²) in [5.41, 5.74) is 7.61. The largest absolute Gasteiger partial charge is 0.409 e. The van der Waals surface area contributed by atoms with Crippen LogP contribution in [0.5, 0.6) is 0 Å². The summed E-state index contributed by atoms with van der Waals surface area (Å²) in [6.45, 7) is 6.59. The molecule has 1 heterocycles. The highest BCUT2D eigenvalue weighted by atomic mass is 79.9. The van der Waals surface area contributed by atoms with E-state index in [9.17, 15) is 0 Å². The Morgan fingerprint density at radius 1 is 1.42 bits per heavy atom. The number of anilines is 1. The zero-order valence-electron chi connectivity index (χ0n) is 11.3. The molecule has 3 N–H and O–H groups in total. The molecule has 0 saturated carbocycles. The van der Waals surface area contributed by atoms with Crippen molar-refractivity contribution in [3.05, 3.63) is 28.2 Å². The number of nitrogens with zero attached hydrogens (tertiary/aromatic N) is 2. The second-order valence-electron chi connectivity index (χ2n) is 5.31. The minimum absolute atomic E-state index is 0.147. The number of benzene rings is 1. The number of hydrogen-bond acceptors (Lipinski definition) is 3. The summed E-state index contributed by atoms with van der Waals surface area (Å²) in [6.07, 6.45) is 1.17. The number of hydrogen-bond donors (Lipinski definition) is 2. The Morgan fingerprint density at radius 3 is 2.79 bits per heavy atom. The first kappa shape index (κ1) is 14.2. The van der Waals surface area contributed by atoms with Gasteiger partial charge in [-0.15, -0.1) is 0 Å². The molecule has 2 rings (SSSR count). The lowest BCUT2D eigenvalue weighted by Gasteiger charge is -2.37. The van der Waals surface area contributed by atoms with E-state index in [0.29, 0.717) is 5.92 Å². The van der Waals surface area contributed by atoms with Crippen LogP contribution >= 0.6 is 15.9 Å². The third kappa shape index (κ3) is 2.86. The Kier molecular flexibility index (Phi) is 4.34. The molecule has 1 aliphatic heterocycles. The van der Waals surface area contributed by atoms with Gasteiger partial charge in [-0.25, -0.2) is 0 Å². The topological polar surface area (TPSA) is 61.8 Å². The summed E-state index contributed by atoms with van der Waals surface area (Å²) in [6, 6.07) is 5.92. The standard InChI is InChI=1S/C14H20BrN3O/c1-9-6-7-18(8-10(9)2)12-5-3-4-11(15)13(12)14(16)17-19/h3-5,9-10,19H,6-8H2,1-2H3,(H2,16,17). The molecular formula is C14H20BrN3O. The maximum Gasteiger partial charge on any atom is 0.173 e. The molecule has 0 amide bonds. The van der Waals surface area contributed by atoms with E-state index in [1.807, 2.05) is 18.2 Å². The lowest BCUT2D eigenvalue weighted by Crippen LogP contribution is -2.39. The van der Waals surface area contributed by atoms with Gasteiger partial charge in [0.05, 0.1) is 5.56 Å². The van der Waals surface area contributed by atoms with E-state index in [0.717, 1.165) is 34.7 Å². The minimum Gasteiger partial charge on any atom is -0.409 e.